The summed E-state index contributed by atoms with van der Waals surface area (Å²) < 4.78 is 1.07. The summed E-state index contributed by atoms with van der Waals surface area (Å²) in [6, 6.07) is 16.4. The van der Waals surface area contributed by atoms with Gasteiger partial charge in [-0.1, -0.05) is 64.0 Å². The van der Waals surface area contributed by atoms with Crippen molar-refractivity contribution in [2.24, 2.45) is 5.41 Å². The van der Waals surface area contributed by atoms with E-state index in [-0.39, 0.29) is 5.41 Å². The zero-order valence-corrected chi connectivity index (χ0v) is 15.2. The fourth-order valence-electron chi connectivity index (χ4n) is 3.44. The van der Waals surface area contributed by atoms with Crippen molar-refractivity contribution in [3.63, 3.8) is 0 Å². The summed E-state index contributed by atoms with van der Waals surface area (Å²) in [6.07, 6.45) is 4.62. The van der Waals surface area contributed by atoms with E-state index in [2.05, 4.69) is 54.1 Å². The molecule has 0 heterocycles. The van der Waals surface area contributed by atoms with Gasteiger partial charge in [0.1, 0.15) is 0 Å². The molecular formula is C21H21BrO. The van der Waals surface area contributed by atoms with Gasteiger partial charge in [0.2, 0.25) is 0 Å². The van der Waals surface area contributed by atoms with Gasteiger partial charge < -0.3 is 0 Å². The van der Waals surface area contributed by atoms with Gasteiger partial charge in [-0.2, -0.15) is 0 Å². The number of carbonyl (C=O) groups is 1. The first-order valence-electron chi connectivity index (χ1n) is 8.01. The Kier molecular flexibility index (Phi) is 4.54. The molecule has 0 aromatic heterocycles. The summed E-state index contributed by atoms with van der Waals surface area (Å²) in [4.78, 5) is 13.2. The molecule has 1 atom stereocenters. The second kappa shape index (κ2) is 6.45. The smallest absolute Gasteiger partial charge is 0.170 e. The van der Waals surface area contributed by atoms with Crippen LogP contribution in [0.5, 0.6) is 0 Å². The van der Waals surface area contributed by atoms with E-state index in [0.717, 1.165) is 29.3 Å². The number of rotatable bonds is 4. The van der Waals surface area contributed by atoms with Crippen molar-refractivity contribution in [3.8, 4) is 0 Å². The molecule has 0 spiro atoms. The largest absolute Gasteiger partial charge is 0.294 e. The van der Waals surface area contributed by atoms with Crippen LogP contribution in [-0.2, 0) is 12.8 Å². The molecule has 23 heavy (non-hydrogen) atoms. The van der Waals surface area contributed by atoms with Crippen LogP contribution in [0.25, 0.3) is 0 Å². The van der Waals surface area contributed by atoms with Crippen LogP contribution in [0.4, 0.5) is 0 Å². The number of carbonyl (C=O) groups excluding carboxylic acids is 1. The first-order chi connectivity index (χ1) is 11.0. The Morgan fingerprint density at radius 2 is 1.96 bits per heavy atom. The SMILES string of the molecule is CC(C)=CC[C@]1(Cc2cccc(Br)c2)Cc2ccccc2C1=O. The Morgan fingerprint density at radius 3 is 2.65 bits per heavy atom. The van der Waals surface area contributed by atoms with Gasteiger partial charge in [0.25, 0.3) is 0 Å². The Balaban J connectivity index is 2.00. The normalized spacial score (nSPS) is 19.5. The minimum atomic E-state index is -0.345. The molecule has 1 aliphatic carbocycles. The molecule has 0 unspecified atom stereocenters. The van der Waals surface area contributed by atoms with Crippen LogP contribution < -0.4 is 0 Å². The molecule has 3 rings (SSSR count). The van der Waals surface area contributed by atoms with Gasteiger partial charge in [0, 0.05) is 15.5 Å². The maximum Gasteiger partial charge on any atom is 0.170 e. The molecule has 0 saturated carbocycles. The maximum absolute atomic E-state index is 13.2. The van der Waals surface area contributed by atoms with Crippen molar-refractivity contribution in [1.29, 1.82) is 0 Å². The molecule has 0 amide bonds. The lowest BCUT2D eigenvalue weighted by Crippen LogP contribution is -2.30. The number of Topliss-reactive ketones (excluding diaryl/α,β-unsaturated/α-hetero) is 1. The van der Waals surface area contributed by atoms with Gasteiger partial charge >= 0.3 is 0 Å². The predicted octanol–water partition coefficient (Wildman–Crippen LogP) is 5.77. The summed E-state index contributed by atoms with van der Waals surface area (Å²) in [6.45, 7) is 4.19. The zero-order chi connectivity index (χ0) is 16.4. The molecule has 2 aromatic rings. The minimum Gasteiger partial charge on any atom is -0.294 e. The molecule has 118 valence electrons. The lowest BCUT2D eigenvalue weighted by Gasteiger charge is -2.27. The number of fused-ring (bicyclic) bond motifs is 1. The Bertz CT molecular complexity index is 771. The van der Waals surface area contributed by atoms with E-state index in [1.54, 1.807) is 0 Å². The van der Waals surface area contributed by atoms with Crippen LogP contribution in [0.1, 0.15) is 41.8 Å². The molecule has 0 saturated heterocycles. The van der Waals surface area contributed by atoms with Crippen molar-refractivity contribution in [2.75, 3.05) is 0 Å². The van der Waals surface area contributed by atoms with Crippen LogP contribution in [0.2, 0.25) is 0 Å². The fourth-order valence-corrected chi connectivity index (χ4v) is 3.89. The van der Waals surface area contributed by atoms with Gasteiger partial charge in [-0.3, -0.25) is 4.79 Å². The average molecular weight is 369 g/mol. The third kappa shape index (κ3) is 3.32. The number of hydrogen-bond donors (Lipinski definition) is 0. The third-order valence-electron chi connectivity index (χ3n) is 4.61. The fraction of sp³-hybridized carbons (Fsp3) is 0.286. The minimum absolute atomic E-state index is 0.297. The van der Waals surface area contributed by atoms with E-state index in [0.29, 0.717) is 5.78 Å². The molecule has 0 fully saturated rings. The predicted molar refractivity (Wildman–Crippen MR) is 98.8 cm³/mol. The summed E-state index contributed by atoms with van der Waals surface area (Å²) in [5.74, 6) is 0.297. The molecule has 0 bridgehead atoms. The quantitative estimate of drug-likeness (QED) is 0.625. The third-order valence-corrected chi connectivity index (χ3v) is 5.10. The highest BCUT2D eigenvalue weighted by molar-refractivity contribution is 9.10. The van der Waals surface area contributed by atoms with Crippen molar-refractivity contribution in [2.45, 2.75) is 33.1 Å². The van der Waals surface area contributed by atoms with E-state index in [1.807, 2.05) is 30.3 Å². The highest BCUT2D eigenvalue weighted by atomic mass is 79.9. The second-order valence-corrected chi connectivity index (χ2v) is 7.65. The van der Waals surface area contributed by atoms with Crippen LogP contribution >= 0.6 is 15.9 Å². The molecule has 2 aromatic carbocycles. The Morgan fingerprint density at radius 1 is 1.17 bits per heavy atom. The molecule has 1 aliphatic rings. The van der Waals surface area contributed by atoms with E-state index < -0.39 is 0 Å². The average Bonchev–Trinajstić information content (AvgIpc) is 2.79. The van der Waals surface area contributed by atoms with Gasteiger partial charge in [-0.25, -0.2) is 0 Å². The summed E-state index contributed by atoms with van der Waals surface area (Å²) in [5, 5.41) is 0. The van der Waals surface area contributed by atoms with Gasteiger partial charge in [0.15, 0.2) is 5.78 Å². The van der Waals surface area contributed by atoms with Crippen molar-refractivity contribution in [1.82, 2.24) is 0 Å². The zero-order valence-electron chi connectivity index (χ0n) is 13.6. The van der Waals surface area contributed by atoms with Crippen LogP contribution in [0.3, 0.4) is 0 Å². The molecule has 0 aliphatic heterocycles. The van der Waals surface area contributed by atoms with E-state index in [4.69, 9.17) is 0 Å². The molecule has 0 radical (unpaired) electrons. The van der Waals surface area contributed by atoms with Gasteiger partial charge in [-0.15, -0.1) is 0 Å². The topological polar surface area (TPSA) is 17.1 Å². The van der Waals surface area contributed by atoms with E-state index in [1.165, 1.54) is 16.7 Å². The molecule has 2 heteroatoms. The maximum atomic E-state index is 13.2. The van der Waals surface area contributed by atoms with Gasteiger partial charge in [-0.05, 0) is 56.4 Å². The summed E-state index contributed by atoms with van der Waals surface area (Å²) >= 11 is 3.54. The summed E-state index contributed by atoms with van der Waals surface area (Å²) in [5.41, 5.74) is 4.23. The standard InChI is InChI=1S/C21H21BrO/c1-15(2)10-11-21(13-16-6-5-8-18(22)12-16)14-17-7-3-4-9-19(17)20(21)23/h3-10,12H,11,13-14H2,1-2H3/t21-/m0/s1. The second-order valence-electron chi connectivity index (χ2n) is 6.74. The first kappa shape index (κ1) is 16.2. The van der Waals surface area contributed by atoms with Gasteiger partial charge in [0.05, 0.1) is 0 Å². The highest BCUT2D eigenvalue weighted by Gasteiger charge is 2.44. The van der Waals surface area contributed by atoms with E-state index >= 15 is 0 Å². The highest BCUT2D eigenvalue weighted by Crippen LogP contribution is 2.43. The molecule has 0 N–H and O–H groups in total. The van der Waals surface area contributed by atoms with Crippen LogP contribution in [-0.4, -0.2) is 5.78 Å². The number of hydrogen-bond acceptors (Lipinski definition) is 1. The number of halogens is 1. The van der Waals surface area contributed by atoms with E-state index in [9.17, 15) is 4.79 Å². The van der Waals surface area contributed by atoms with Crippen LogP contribution in [0.15, 0.2) is 64.7 Å². The molecular weight excluding hydrogens is 348 g/mol. The van der Waals surface area contributed by atoms with Crippen LogP contribution in [0, 0.1) is 5.41 Å². The first-order valence-corrected chi connectivity index (χ1v) is 8.80. The van der Waals surface area contributed by atoms with Crippen molar-refractivity contribution in [3.05, 3.63) is 81.3 Å². The number of ketones is 1. The molecule has 1 nitrogen and oxygen atoms in total. The lowest BCUT2D eigenvalue weighted by atomic mass is 9.75. The number of allylic oxidation sites excluding steroid dienone is 2. The lowest BCUT2D eigenvalue weighted by molar-refractivity contribution is 0.0820. The monoisotopic (exact) mass is 368 g/mol. The van der Waals surface area contributed by atoms with Crippen molar-refractivity contribution < 1.29 is 4.79 Å². The number of benzene rings is 2. The Hall–Kier alpha value is -1.67. The summed E-state index contributed by atoms with van der Waals surface area (Å²) in [7, 11) is 0. The Labute approximate surface area is 146 Å². The van der Waals surface area contributed by atoms with Crippen molar-refractivity contribution >= 4 is 21.7 Å².